The monoisotopic (exact) mass is 214 g/mol. The Morgan fingerprint density at radius 2 is 1.80 bits per heavy atom. The summed E-state index contributed by atoms with van der Waals surface area (Å²) in [6.07, 6.45) is 7.15. The molecule has 3 nitrogen and oxygen atoms in total. The second-order valence-electron chi connectivity index (χ2n) is 4.47. The normalized spacial score (nSPS) is 20.4. The van der Waals surface area contributed by atoms with Gasteiger partial charge in [-0.15, -0.1) is 0 Å². The molecule has 0 saturated carbocycles. The van der Waals surface area contributed by atoms with Crippen molar-refractivity contribution < 1.29 is 5.11 Å². The van der Waals surface area contributed by atoms with Crippen LogP contribution < -0.4 is 5.32 Å². The van der Waals surface area contributed by atoms with E-state index in [4.69, 9.17) is 0 Å². The first kappa shape index (κ1) is 12.9. The van der Waals surface area contributed by atoms with Crippen LogP contribution in [0, 0.1) is 0 Å². The van der Waals surface area contributed by atoms with Crippen molar-refractivity contribution in [2.45, 2.75) is 51.7 Å². The van der Waals surface area contributed by atoms with Gasteiger partial charge in [0.05, 0.1) is 0 Å². The van der Waals surface area contributed by atoms with Gasteiger partial charge in [-0.25, -0.2) is 0 Å². The standard InChI is InChI=1S/C12H26N2O/c1-2-3-4-5-6-7-12(15)14-10-8-13-9-11-14/h12-13,15H,2-11H2,1H3. The number of unbranched alkanes of at least 4 members (excludes halogenated alkanes) is 4. The summed E-state index contributed by atoms with van der Waals surface area (Å²) in [5.74, 6) is 0. The van der Waals surface area contributed by atoms with E-state index in [1.807, 2.05) is 0 Å². The van der Waals surface area contributed by atoms with E-state index in [2.05, 4.69) is 17.1 Å². The summed E-state index contributed by atoms with van der Waals surface area (Å²) >= 11 is 0. The predicted octanol–water partition coefficient (Wildman–Crippen LogP) is 1.57. The van der Waals surface area contributed by atoms with Crippen LogP contribution in [0.1, 0.15) is 45.4 Å². The zero-order valence-corrected chi connectivity index (χ0v) is 10.0. The minimum Gasteiger partial charge on any atom is -0.378 e. The highest BCUT2D eigenvalue weighted by atomic mass is 16.3. The zero-order chi connectivity index (χ0) is 10.9. The van der Waals surface area contributed by atoms with Crippen LogP contribution in [0.15, 0.2) is 0 Å². The zero-order valence-electron chi connectivity index (χ0n) is 10.0. The lowest BCUT2D eigenvalue weighted by Gasteiger charge is -2.31. The summed E-state index contributed by atoms with van der Waals surface area (Å²) in [5, 5.41) is 13.2. The van der Waals surface area contributed by atoms with Gasteiger partial charge in [-0.1, -0.05) is 32.6 Å². The lowest BCUT2D eigenvalue weighted by molar-refractivity contribution is -0.0107. The third kappa shape index (κ3) is 5.50. The van der Waals surface area contributed by atoms with E-state index in [0.717, 1.165) is 32.6 Å². The molecule has 0 radical (unpaired) electrons. The summed E-state index contributed by atoms with van der Waals surface area (Å²) in [4.78, 5) is 2.19. The van der Waals surface area contributed by atoms with Gasteiger partial charge in [-0.3, -0.25) is 4.90 Å². The second-order valence-corrected chi connectivity index (χ2v) is 4.47. The molecule has 90 valence electrons. The van der Waals surface area contributed by atoms with E-state index in [-0.39, 0.29) is 6.23 Å². The minimum atomic E-state index is -0.200. The average molecular weight is 214 g/mol. The van der Waals surface area contributed by atoms with Gasteiger partial charge in [-0.05, 0) is 12.8 Å². The quantitative estimate of drug-likeness (QED) is 0.632. The molecule has 2 N–H and O–H groups in total. The molecule has 1 unspecified atom stereocenters. The molecule has 0 bridgehead atoms. The number of piperazine rings is 1. The Morgan fingerprint density at radius 3 is 2.47 bits per heavy atom. The largest absolute Gasteiger partial charge is 0.378 e. The van der Waals surface area contributed by atoms with Crippen molar-refractivity contribution in [1.82, 2.24) is 10.2 Å². The van der Waals surface area contributed by atoms with Crippen molar-refractivity contribution in [3.8, 4) is 0 Å². The van der Waals surface area contributed by atoms with Crippen LogP contribution in [-0.4, -0.2) is 42.4 Å². The molecular weight excluding hydrogens is 188 g/mol. The molecule has 1 fully saturated rings. The van der Waals surface area contributed by atoms with Crippen LogP contribution in [-0.2, 0) is 0 Å². The first-order chi connectivity index (χ1) is 7.34. The molecule has 0 aromatic heterocycles. The number of nitrogens with zero attached hydrogens (tertiary/aromatic N) is 1. The summed E-state index contributed by atoms with van der Waals surface area (Å²) in [6, 6.07) is 0. The fourth-order valence-corrected chi connectivity index (χ4v) is 2.09. The minimum absolute atomic E-state index is 0.200. The Hall–Kier alpha value is -0.120. The van der Waals surface area contributed by atoms with E-state index in [1.54, 1.807) is 0 Å². The number of aliphatic hydroxyl groups is 1. The van der Waals surface area contributed by atoms with Crippen LogP contribution in [0.25, 0.3) is 0 Å². The molecule has 1 rings (SSSR count). The van der Waals surface area contributed by atoms with Gasteiger partial charge in [-0.2, -0.15) is 0 Å². The fraction of sp³-hybridized carbons (Fsp3) is 1.00. The molecule has 1 aliphatic rings. The van der Waals surface area contributed by atoms with Crippen LogP contribution >= 0.6 is 0 Å². The van der Waals surface area contributed by atoms with Gasteiger partial charge < -0.3 is 10.4 Å². The summed E-state index contributed by atoms with van der Waals surface area (Å²) in [7, 11) is 0. The van der Waals surface area contributed by atoms with Crippen LogP contribution in [0.3, 0.4) is 0 Å². The van der Waals surface area contributed by atoms with Gasteiger partial charge in [0.15, 0.2) is 0 Å². The molecule has 0 aromatic rings. The molecule has 0 amide bonds. The average Bonchev–Trinajstić information content (AvgIpc) is 2.30. The first-order valence-electron chi connectivity index (χ1n) is 6.47. The number of nitrogens with one attached hydrogen (secondary N) is 1. The molecular formula is C12H26N2O. The van der Waals surface area contributed by atoms with Crippen molar-refractivity contribution in [3.05, 3.63) is 0 Å². The topological polar surface area (TPSA) is 35.5 Å². The van der Waals surface area contributed by atoms with E-state index < -0.39 is 0 Å². The highest BCUT2D eigenvalue weighted by molar-refractivity contribution is 4.69. The highest BCUT2D eigenvalue weighted by Crippen LogP contribution is 2.10. The molecule has 1 saturated heterocycles. The van der Waals surface area contributed by atoms with Crippen molar-refractivity contribution in [2.75, 3.05) is 26.2 Å². The number of rotatable bonds is 7. The molecule has 1 atom stereocenters. The molecule has 1 heterocycles. The fourth-order valence-electron chi connectivity index (χ4n) is 2.09. The molecule has 1 aliphatic heterocycles. The number of hydrogen-bond donors (Lipinski definition) is 2. The van der Waals surface area contributed by atoms with E-state index >= 15 is 0 Å². The Bertz CT molecular complexity index is 147. The van der Waals surface area contributed by atoms with Crippen LogP contribution in [0.5, 0.6) is 0 Å². The third-order valence-corrected chi connectivity index (χ3v) is 3.14. The Balaban J connectivity index is 1.99. The highest BCUT2D eigenvalue weighted by Gasteiger charge is 2.16. The summed E-state index contributed by atoms with van der Waals surface area (Å²) < 4.78 is 0. The van der Waals surface area contributed by atoms with Crippen molar-refractivity contribution in [1.29, 1.82) is 0 Å². The van der Waals surface area contributed by atoms with Crippen molar-refractivity contribution in [2.24, 2.45) is 0 Å². The molecule has 0 aliphatic carbocycles. The summed E-state index contributed by atoms with van der Waals surface area (Å²) in [5.41, 5.74) is 0. The van der Waals surface area contributed by atoms with Gasteiger partial charge in [0, 0.05) is 26.2 Å². The molecule has 15 heavy (non-hydrogen) atoms. The molecule has 0 aromatic carbocycles. The maximum Gasteiger partial charge on any atom is 0.107 e. The second kappa shape index (κ2) is 8.08. The maximum absolute atomic E-state index is 9.93. The lowest BCUT2D eigenvalue weighted by atomic mass is 10.1. The van der Waals surface area contributed by atoms with Gasteiger partial charge in [0.25, 0.3) is 0 Å². The van der Waals surface area contributed by atoms with Gasteiger partial charge in [0.2, 0.25) is 0 Å². The van der Waals surface area contributed by atoms with E-state index in [9.17, 15) is 5.11 Å². The SMILES string of the molecule is CCCCCCCC(O)N1CCNCC1. The number of aliphatic hydroxyl groups excluding tert-OH is 1. The molecule has 3 heteroatoms. The Kier molecular flexibility index (Phi) is 6.98. The number of hydrogen-bond acceptors (Lipinski definition) is 3. The summed E-state index contributed by atoms with van der Waals surface area (Å²) in [6.45, 7) is 6.27. The lowest BCUT2D eigenvalue weighted by Crippen LogP contribution is -2.48. The smallest absolute Gasteiger partial charge is 0.107 e. The van der Waals surface area contributed by atoms with Gasteiger partial charge >= 0.3 is 0 Å². The van der Waals surface area contributed by atoms with Crippen LogP contribution in [0.4, 0.5) is 0 Å². The van der Waals surface area contributed by atoms with Crippen molar-refractivity contribution >= 4 is 0 Å². The van der Waals surface area contributed by atoms with E-state index in [1.165, 1.54) is 32.1 Å². The predicted molar refractivity (Wildman–Crippen MR) is 63.8 cm³/mol. The Labute approximate surface area is 93.9 Å². The molecule has 0 spiro atoms. The maximum atomic E-state index is 9.93. The van der Waals surface area contributed by atoms with E-state index in [0.29, 0.717) is 0 Å². The third-order valence-electron chi connectivity index (χ3n) is 3.14. The van der Waals surface area contributed by atoms with Gasteiger partial charge in [0.1, 0.15) is 6.23 Å². The first-order valence-corrected chi connectivity index (χ1v) is 6.47. The Morgan fingerprint density at radius 1 is 1.13 bits per heavy atom. The van der Waals surface area contributed by atoms with Crippen LogP contribution in [0.2, 0.25) is 0 Å². The van der Waals surface area contributed by atoms with Crippen molar-refractivity contribution in [3.63, 3.8) is 0 Å².